The molecule has 23 heavy (non-hydrogen) atoms. The summed E-state index contributed by atoms with van der Waals surface area (Å²) in [6, 6.07) is 13.4. The average molecular weight is 373 g/mol. The first kappa shape index (κ1) is 15.8. The highest BCUT2D eigenvalue weighted by atomic mass is 79.9. The van der Waals surface area contributed by atoms with Crippen LogP contribution in [0, 0.1) is 0 Å². The van der Waals surface area contributed by atoms with Crippen molar-refractivity contribution in [1.29, 1.82) is 0 Å². The van der Waals surface area contributed by atoms with Gasteiger partial charge in [0.25, 0.3) is 0 Å². The van der Waals surface area contributed by atoms with Crippen LogP contribution in [0.1, 0.15) is 28.6 Å². The number of ether oxygens (including phenoxy) is 1. The Kier molecular flexibility index (Phi) is 4.53. The van der Waals surface area contributed by atoms with Crippen LogP contribution in [0.25, 0.3) is 11.0 Å². The summed E-state index contributed by atoms with van der Waals surface area (Å²) in [4.78, 5) is 12.8. The standard InChI is InChI=1S/C19H17BrO3/c1-3-16-19(13-6-4-5-7-17(13)23-16)15(21)11-12-8-9-18(22-2)14(20)10-12/h4-10H,3,11H2,1-2H3. The maximum Gasteiger partial charge on any atom is 0.171 e. The van der Waals surface area contributed by atoms with E-state index in [1.165, 1.54) is 0 Å². The van der Waals surface area contributed by atoms with E-state index in [4.69, 9.17) is 9.15 Å². The molecule has 0 radical (unpaired) electrons. The lowest BCUT2D eigenvalue weighted by Gasteiger charge is -2.06. The molecule has 0 fully saturated rings. The van der Waals surface area contributed by atoms with Gasteiger partial charge in [0, 0.05) is 18.2 Å². The lowest BCUT2D eigenvalue weighted by molar-refractivity contribution is 0.0992. The molecule has 3 nitrogen and oxygen atoms in total. The first-order valence-corrected chi connectivity index (χ1v) is 8.29. The first-order valence-electron chi connectivity index (χ1n) is 7.50. The molecule has 3 rings (SSSR count). The van der Waals surface area contributed by atoms with Crippen LogP contribution in [0.4, 0.5) is 0 Å². The number of methoxy groups -OCH3 is 1. The Labute approximate surface area is 143 Å². The van der Waals surface area contributed by atoms with Crippen molar-refractivity contribution in [2.75, 3.05) is 7.11 Å². The van der Waals surface area contributed by atoms with Crippen molar-refractivity contribution in [2.24, 2.45) is 0 Å². The predicted octanol–water partition coefficient (Wildman–Crippen LogP) is 5.19. The van der Waals surface area contributed by atoms with E-state index in [1.54, 1.807) is 7.11 Å². The Bertz CT molecular complexity index is 864. The van der Waals surface area contributed by atoms with Crippen molar-refractivity contribution in [3.8, 4) is 5.75 Å². The molecule has 118 valence electrons. The SMILES string of the molecule is CCc1oc2ccccc2c1C(=O)Cc1ccc(OC)c(Br)c1. The van der Waals surface area contributed by atoms with Crippen LogP contribution in [-0.2, 0) is 12.8 Å². The minimum absolute atomic E-state index is 0.0730. The monoisotopic (exact) mass is 372 g/mol. The number of carbonyl (C=O) groups excluding carboxylic acids is 1. The number of para-hydroxylation sites is 1. The number of carbonyl (C=O) groups is 1. The topological polar surface area (TPSA) is 39.4 Å². The second kappa shape index (κ2) is 6.59. The third kappa shape index (κ3) is 3.04. The van der Waals surface area contributed by atoms with Gasteiger partial charge in [-0.1, -0.05) is 31.2 Å². The molecule has 0 saturated carbocycles. The largest absolute Gasteiger partial charge is 0.496 e. The zero-order valence-corrected chi connectivity index (χ0v) is 14.6. The van der Waals surface area contributed by atoms with Gasteiger partial charge in [-0.3, -0.25) is 4.79 Å². The third-order valence-electron chi connectivity index (χ3n) is 3.85. The zero-order chi connectivity index (χ0) is 16.4. The van der Waals surface area contributed by atoms with Crippen LogP contribution >= 0.6 is 15.9 Å². The summed E-state index contributed by atoms with van der Waals surface area (Å²) in [5.74, 6) is 1.58. The summed E-state index contributed by atoms with van der Waals surface area (Å²) in [5, 5.41) is 0.891. The van der Waals surface area contributed by atoms with Crippen molar-refractivity contribution in [1.82, 2.24) is 0 Å². The van der Waals surface area contributed by atoms with Crippen molar-refractivity contribution in [3.05, 3.63) is 63.8 Å². The Hall–Kier alpha value is -2.07. The van der Waals surface area contributed by atoms with Crippen LogP contribution in [0.2, 0.25) is 0 Å². The second-order valence-electron chi connectivity index (χ2n) is 5.32. The Morgan fingerprint density at radius 1 is 1.22 bits per heavy atom. The van der Waals surface area contributed by atoms with Gasteiger partial charge >= 0.3 is 0 Å². The van der Waals surface area contributed by atoms with Crippen LogP contribution in [0.3, 0.4) is 0 Å². The zero-order valence-electron chi connectivity index (χ0n) is 13.1. The Morgan fingerprint density at radius 3 is 2.70 bits per heavy atom. The number of fused-ring (bicyclic) bond motifs is 1. The minimum Gasteiger partial charge on any atom is -0.496 e. The van der Waals surface area contributed by atoms with E-state index >= 15 is 0 Å². The molecule has 0 spiro atoms. The molecule has 0 unspecified atom stereocenters. The van der Waals surface area contributed by atoms with E-state index in [2.05, 4.69) is 15.9 Å². The summed E-state index contributed by atoms with van der Waals surface area (Å²) in [5.41, 5.74) is 2.41. The molecule has 0 N–H and O–H groups in total. The molecular weight excluding hydrogens is 356 g/mol. The quantitative estimate of drug-likeness (QED) is 0.578. The van der Waals surface area contributed by atoms with Crippen molar-refractivity contribution in [3.63, 3.8) is 0 Å². The average Bonchev–Trinajstić information content (AvgIpc) is 2.93. The highest BCUT2D eigenvalue weighted by Gasteiger charge is 2.19. The van der Waals surface area contributed by atoms with Crippen molar-refractivity contribution >= 4 is 32.7 Å². The molecule has 0 aliphatic heterocycles. The molecular formula is C19H17BrO3. The first-order chi connectivity index (χ1) is 11.1. The summed E-state index contributed by atoms with van der Waals surface area (Å²) >= 11 is 3.46. The lowest BCUT2D eigenvalue weighted by atomic mass is 9.99. The molecule has 0 saturated heterocycles. The number of furan rings is 1. The number of aryl methyl sites for hydroxylation is 1. The fraction of sp³-hybridized carbons (Fsp3) is 0.211. The number of hydrogen-bond acceptors (Lipinski definition) is 3. The molecule has 4 heteroatoms. The van der Waals surface area contributed by atoms with Crippen LogP contribution < -0.4 is 4.74 Å². The summed E-state index contributed by atoms with van der Waals surface area (Å²) in [6.45, 7) is 2.00. The molecule has 0 aliphatic rings. The number of Topliss-reactive ketones (excluding diaryl/α,β-unsaturated/α-hetero) is 1. The number of hydrogen-bond donors (Lipinski definition) is 0. The number of benzene rings is 2. The minimum atomic E-state index is 0.0730. The van der Waals surface area contributed by atoms with E-state index in [9.17, 15) is 4.79 Å². The fourth-order valence-corrected chi connectivity index (χ4v) is 3.33. The number of halogens is 1. The predicted molar refractivity (Wildman–Crippen MR) is 94.3 cm³/mol. The molecule has 0 aliphatic carbocycles. The van der Waals surface area contributed by atoms with Gasteiger partial charge in [0.15, 0.2) is 5.78 Å². The van der Waals surface area contributed by atoms with Gasteiger partial charge in [-0.2, -0.15) is 0 Å². The summed E-state index contributed by atoms with van der Waals surface area (Å²) in [7, 11) is 1.62. The molecule has 0 bridgehead atoms. The van der Waals surface area contributed by atoms with Crippen LogP contribution in [0.15, 0.2) is 51.4 Å². The van der Waals surface area contributed by atoms with E-state index in [-0.39, 0.29) is 5.78 Å². The second-order valence-corrected chi connectivity index (χ2v) is 6.17. The van der Waals surface area contributed by atoms with Crippen LogP contribution in [0.5, 0.6) is 5.75 Å². The van der Waals surface area contributed by atoms with Gasteiger partial charge in [-0.25, -0.2) is 0 Å². The Morgan fingerprint density at radius 2 is 2.00 bits per heavy atom. The molecule has 1 heterocycles. The van der Waals surface area contributed by atoms with Gasteiger partial charge < -0.3 is 9.15 Å². The van der Waals surface area contributed by atoms with E-state index < -0.39 is 0 Å². The van der Waals surface area contributed by atoms with Gasteiger partial charge in [-0.15, -0.1) is 0 Å². The van der Waals surface area contributed by atoms with E-state index in [1.807, 2.05) is 49.4 Å². The smallest absolute Gasteiger partial charge is 0.171 e. The lowest BCUT2D eigenvalue weighted by Crippen LogP contribution is -2.05. The van der Waals surface area contributed by atoms with Gasteiger partial charge in [-0.05, 0) is 39.7 Å². The van der Waals surface area contributed by atoms with E-state index in [0.717, 1.165) is 32.5 Å². The normalized spacial score (nSPS) is 10.9. The van der Waals surface area contributed by atoms with Crippen molar-refractivity contribution in [2.45, 2.75) is 19.8 Å². The summed E-state index contributed by atoms with van der Waals surface area (Å²) in [6.07, 6.45) is 1.03. The molecule has 0 amide bonds. The maximum absolute atomic E-state index is 12.8. The fourth-order valence-electron chi connectivity index (χ4n) is 2.74. The third-order valence-corrected chi connectivity index (χ3v) is 4.47. The molecule has 2 aromatic carbocycles. The number of rotatable bonds is 5. The van der Waals surface area contributed by atoms with Crippen LogP contribution in [-0.4, -0.2) is 12.9 Å². The summed E-state index contributed by atoms with van der Waals surface area (Å²) < 4.78 is 11.9. The van der Waals surface area contributed by atoms with E-state index in [0.29, 0.717) is 18.4 Å². The Balaban J connectivity index is 1.96. The molecule has 3 aromatic rings. The molecule has 1 aromatic heterocycles. The highest BCUT2D eigenvalue weighted by molar-refractivity contribution is 9.10. The highest BCUT2D eigenvalue weighted by Crippen LogP contribution is 2.29. The maximum atomic E-state index is 12.8. The number of ketones is 1. The molecule has 0 atom stereocenters. The van der Waals surface area contributed by atoms with Gasteiger partial charge in [0.2, 0.25) is 0 Å². The van der Waals surface area contributed by atoms with Gasteiger partial charge in [0.05, 0.1) is 17.1 Å². The van der Waals surface area contributed by atoms with Crippen molar-refractivity contribution < 1.29 is 13.9 Å². The van der Waals surface area contributed by atoms with Gasteiger partial charge in [0.1, 0.15) is 17.1 Å².